The predicted octanol–water partition coefficient (Wildman–Crippen LogP) is 2.10. The Morgan fingerprint density at radius 3 is 3.00 bits per heavy atom. The summed E-state index contributed by atoms with van der Waals surface area (Å²) < 4.78 is 4.82. The highest BCUT2D eigenvalue weighted by molar-refractivity contribution is 6.31. The summed E-state index contributed by atoms with van der Waals surface area (Å²) in [5.74, 6) is -0.347. The quantitative estimate of drug-likeness (QED) is 0.815. The van der Waals surface area contributed by atoms with Gasteiger partial charge < -0.3 is 9.72 Å². The van der Waals surface area contributed by atoms with E-state index in [4.69, 9.17) is 16.3 Å². The van der Waals surface area contributed by atoms with Gasteiger partial charge in [-0.15, -0.1) is 0 Å². The van der Waals surface area contributed by atoms with Gasteiger partial charge in [0, 0.05) is 0 Å². The van der Waals surface area contributed by atoms with Crippen molar-refractivity contribution in [2.45, 2.75) is 13.8 Å². The molecular formula is C10H10ClN3O2. The zero-order valence-corrected chi connectivity index (χ0v) is 9.63. The van der Waals surface area contributed by atoms with Crippen molar-refractivity contribution < 1.29 is 9.53 Å². The minimum atomic E-state index is -0.491. The first-order valence-corrected chi connectivity index (χ1v) is 5.19. The lowest BCUT2D eigenvalue weighted by atomic mass is 10.3. The Balaban J connectivity index is 2.48. The number of aryl methyl sites for hydroxylation is 1. The number of H-pyrrole nitrogens is 1. The van der Waals surface area contributed by atoms with Gasteiger partial charge in [-0.1, -0.05) is 11.6 Å². The van der Waals surface area contributed by atoms with Gasteiger partial charge in [0.15, 0.2) is 5.65 Å². The van der Waals surface area contributed by atoms with Gasteiger partial charge in [0.25, 0.3) is 0 Å². The molecule has 0 aliphatic heterocycles. The number of esters is 1. The highest BCUT2D eigenvalue weighted by Gasteiger charge is 2.13. The highest BCUT2D eigenvalue weighted by Crippen LogP contribution is 2.18. The van der Waals surface area contributed by atoms with Crippen LogP contribution >= 0.6 is 11.6 Å². The molecule has 2 rings (SSSR count). The van der Waals surface area contributed by atoms with Crippen LogP contribution in [-0.4, -0.2) is 27.5 Å². The van der Waals surface area contributed by atoms with Crippen molar-refractivity contribution in [2.75, 3.05) is 6.61 Å². The number of ether oxygens (including phenoxy) is 1. The summed E-state index contributed by atoms with van der Waals surface area (Å²) in [5, 5.41) is 0.534. The average Bonchev–Trinajstić information content (AvgIpc) is 2.62. The number of carbonyl (C=O) groups excluding carboxylic acids is 1. The number of nitrogens with zero attached hydrogens (tertiary/aromatic N) is 2. The van der Waals surface area contributed by atoms with Gasteiger partial charge in [0.05, 0.1) is 22.8 Å². The van der Waals surface area contributed by atoms with Gasteiger partial charge in [-0.2, -0.15) is 0 Å². The van der Waals surface area contributed by atoms with Crippen LogP contribution in [0.3, 0.4) is 0 Å². The fraction of sp³-hybridized carbons (Fsp3) is 0.300. The fourth-order valence-corrected chi connectivity index (χ4v) is 1.45. The Hall–Kier alpha value is -1.62. The van der Waals surface area contributed by atoms with Crippen molar-refractivity contribution in [3.05, 3.63) is 22.6 Å². The highest BCUT2D eigenvalue weighted by atomic mass is 35.5. The predicted molar refractivity (Wildman–Crippen MR) is 59.6 cm³/mol. The Kier molecular flexibility index (Phi) is 2.78. The van der Waals surface area contributed by atoms with E-state index in [-0.39, 0.29) is 5.82 Å². The SMILES string of the molecule is CCOC(=O)c1nc2nc(C)c(Cl)cc2[nH]1. The molecule has 0 fully saturated rings. The second kappa shape index (κ2) is 4.09. The van der Waals surface area contributed by atoms with Crippen molar-refractivity contribution in [1.29, 1.82) is 0 Å². The van der Waals surface area contributed by atoms with Gasteiger partial charge in [0.1, 0.15) is 0 Å². The molecule has 0 saturated carbocycles. The number of rotatable bonds is 2. The van der Waals surface area contributed by atoms with Gasteiger partial charge in [-0.05, 0) is 19.9 Å². The standard InChI is InChI=1S/C10H10ClN3O2/c1-3-16-10(15)9-13-7-4-6(11)5(2)12-8(7)14-9/h4H,3H2,1-2H3,(H,12,13,14). The van der Waals surface area contributed by atoms with Gasteiger partial charge >= 0.3 is 5.97 Å². The summed E-state index contributed by atoms with van der Waals surface area (Å²) in [5.41, 5.74) is 1.76. The Bertz CT molecular complexity index is 511. The monoisotopic (exact) mass is 239 g/mol. The van der Waals surface area contributed by atoms with Crippen LogP contribution in [0.5, 0.6) is 0 Å². The van der Waals surface area contributed by atoms with Crippen molar-refractivity contribution in [3.8, 4) is 0 Å². The lowest BCUT2D eigenvalue weighted by molar-refractivity contribution is 0.0513. The molecule has 16 heavy (non-hydrogen) atoms. The van der Waals surface area contributed by atoms with E-state index in [0.29, 0.717) is 28.5 Å². The molecule has 2 aromatic rings. The second-order valence-corrected chi connectivity index (χ2v) is 3.64. The summed E-state index contributed by atoms with van der Waals surface area (Å²) in [7, 11) is 0. The summed E-state index contributed by atoms with van der Waals surface area (Å²) in [4.78, 5) is 22.4. The van der Waals surface area contributed by atoms with Crippen molar-refractivity contribution in [1.82, 2.24) is 15.0 Å². The maximum Gasteiger partial charge on any atom is 0.374 e. The van der Waals surface area contributed by atoms with E-state index in [2.05, 4.69) is 15.0 Å². The van der Waals surface area contributed by atoms with Crippen LogP contribution in [0.15, 0.2) is 6.07 Å². The lowest BCUT2D eigenvalue weighted by Crippen LogP contribution is -2.06. The first kappa shape index (κ1) is 10.9. The molecule has 0 spiro atoms. The molecule has 0 unspecified atom stereocenters. The molecule has 0 aromatic carbocycles. The molecule has 1 N–H and O–H groups in total. The maximum absolute atomic E-state index is 11.4. The number of aromatic nitrogens is 3. The normalized spacial score (nSPS) is 10.7. The molecule has 0 radical (unpaired) electrons. The molecule has 5 nitrogen and oxygen atoms in total. The number of carbonyl (C=O) groups is 1. The second-order valence-electron chi connectivity index (χ2n) is 3.23. The molecule has 0 atom stereocenters. The number of imidazole rings is 1. The topological polar surface area (TPSA) is 67.9 Å². The van der Waals surface area contributed by atoms with E-state index in [1.165, 1.54) is 0 Å². The van der Waals surface area contributed by atoms with E-state index in [0.717, 1.165) is 0 Å². The Morgan fingerprint density at radius 2 is 2.31 bits per heavy atom. The zero-order chi connectivity index (χ0) is 11.7. The number of aromatic amines is 1. The average molecular weight is 240 g/mol. The van der Waals surface area contributed by atoms with E-state index in [9.17, 15) is 4.79 Å². The van der Waals surface area contributed by atoms with E-state index in [1.807, 2.05) is 0 Å². The molecule has 0 saturated heterocycles. The van der Waals surface area contributed by atoms with Crippen LogP contribution in [0.4, 0.5) is 0 Å². The van der Waals surface area contributed by atoms with E-state index >= 15 is 0 Å². The molecule has 0 aliphatic carbocycles. The first-order chi connectivity index (χ1) is 7.61. The summed E-state index contributed by atoms with van der Waals surface area (Å²) >= 11 is 5.91. The van der Waals surface area contributed by atoms with E-state index in [1.54, 1.807) is 19.9 Å². The van der Waals surface area contributed by atoms with Crippen LogP contribution in [0.2, 0.25) is 5.02 Å². The fourth-order valence-electron chi connectivity index (χ4n) is 1.30. The van der Waals surface area contributed by atoms with Crippen molar-refractivity contribution in [3.63, 3.8) is 0 Å². The lowest BCUT2D eigenvalue weighted by Gasteiger charge is -1.95. The van der Waals surface area contributed by atoms with Crippen molar-refractivity contribution in [2.24, 2.45) is 0 Å². The first-order valence-electron chi connectivity index (χ1n) is 4.81. The smallest absolute Gasteiger partial charge is 0.374 e. The summed E-state index contributed by atoms with van der Waals surface area (Å²) in [6.07, 6.45) is 0. The number of hydrogen-bond acceptors (Lipinski definition) is 4. The molecule has 0 bridgehead atoms. The van der Waals surface area contributed by atoms with Crippen LogP contribution in [0.25, 0.3) is 11.2 Å². The summed E-state index contributed by atoms with van der Waals surface area (Å²) in [6.45, 7) is 3.82. The molecule has 2 aromatic heterocycles. The third kappa shape index (κ3) is 1.86. The molecule has 2 heterocycles. The number of fused-ring (bicyclic) bond motifs is 1. The minimum Gasteiger partial charge on any atom is -0.460 e. The van der Waals surface area contributed by atoms with Gasteiger partial charge in [0.2, 0.25) is 5.82 Å². The number of halogens is 1. The van der Waals surface area contributed by atoms with Crippen LogP contribution < -0.4 is 0 Å². The molecule has 0 amide bonds. The summed E-state index contributed by atoms with van der Waals surface area (Å²) in [6, 6.07) is 1.69. The third-order valence-electron chi connectivity index (χ3n) is 2.07. The maximum atomic E-state index is 11.4. The number of pyridine rings is 1. The zero-order valence-electron chi connectivity index (χ0n) is 8.87. The molecular weight excluding hydrogens is 230 g/mol. The van der Waals surface area contributed by atoms with E-state index < -0.39 is 5.97 Å². The molecule has 84 valence electrons. The van der Waals surface area contributed by atoms with Crippen LogP contribution in [0.1, 0.15) is 23.2 Å². The number of nitrogens with one attached hydrogen (secondary N) is 1. The third-order valence-corrected chi connectivity index (χ3v) is 2.45. The minimum absolute atomic E-state index is 0.144. The van der Waals surface area contributed by atoms with Gasteiger partial charge in [-0.3, -0.25) is 0 Å². The number of hydrogen-bond donors (Lipinski definition) is 1. The van der Waals surface area contributed by atoms with Crippen molar-refractivity contribution >= 4 is 28.7 Å². The molecule has 6 heteroatoms. The Labute approximate surface area is 96.8 Å². The van der Waals surface area contributed by atoms with Gasteiger partial charge in [-0.25, -0.2) is 14.8 Å². The Morgan fingerprint density at radius 1 is 1.56 bits per heavy atom. The largest absolute Gasteiger partial charge is 0.460 e. The van der Waals surface area contributed by atoms with Crippen LogP contribution in [0, 0.1) is 6.92 Å². The molecule has 0 aliphatic rings. The van der Waals surface area contributed by atoms with Crippen LogP contribution in [-0.2, 0) is 4.74 Å².